The topological polar surface area (TPSA) is 76.9 Å². The Hall–Kier alpha value is -3.41. The van der Waals surface area contributed by atoms with E-state index in [0.717, 1.165) is 46.8 Å². The number of aromatic nitrogens is 2. The summed E-state index contributed by atoms with van der Waals surface area (Å²) in [6, 6.07) is 9.91. The van der Waals surface area contributed by atoms with Crippen molar-refractivity contribution in [3.63, 3.8) is 0 Å². The number of aliphatic imine (C=N–C) groups is 2. The molecule has 3 aromatic rings. The number of rotatable bonds is 2. The number of hydrogen-bond acceptors (Lipinski definition) is 5. The number of aliphatic hydroxyl groups is 1. The maximum atomic E-state index is 10.7. The molecule has 2 aliphatic rings. The molecule has 0 unspecified atom stereocenters. The van der Waals surface area contributed by atoms with E-state index in [1.807, 2.05) is 18.2 Å². The van der Waals surface area contributed by atoms with E-state index in [0.29, 0.717) is 11.4 Å². The van der Waals surface area contributed by atoms with E-state index < -0.39 is 0 Å². The zero-order chi connectivity index (χ0) is 18.5. The van der Waals surface area contributed by atoms with Crippen molar-refractivity contribution in [2.45, 2.75) is 13.8 Å². The summed E-state index contributed by atoms with van der Waals surface area (Å²) in [5.41, 5.74) is 6.78. The van der Waals surface area contributed by atoms with Gasteiger partial charge in [0.25, 0.3) is 0 Å². The maximum absolute atomic E-state index is 10.7. The Kier molecular flexibility index (Phi) is 3.40. The van der Waals surface area contributed by atoms with Crippen molar-refractivity contribution in [1.29, 1.82) is 0 Å². The molecule has 0 radical (unpaired) electrons. The highest BCUT2D eigenvalue weighted by Gasteiger charge is 2.29. The van der Waals surface area contributed by atoms with Crippen molar-refractivity contribution in [2.75, 3.05) is 13.1 Å². The molecule has 5 rings (SSSR count). The average Bonchev–Trinajstić information content (AvgIpc) is 3.31. The van der Waals surface area contributed by atoms with Gasteiger partial charge in [0, 0.05) is 23.7 Å². The van der Waals surface area contributed by atoms with Crippen LogP contribution in [0.2, 0.25) is 0 Å². The number of amidine groups is 2. The van der Waals surface area contributed by atoms with Gasteiger partial charge in [0.15, 0.2) is 0 Å². The highest BCUT2D eigenvalue weighted by molar-refractivity contribution is 6.20. The first kappa shape index (κ1) is 15.8. The molecule has 0 amide bonds. The normalized spacial score (nSPS) is 16.2. The first-order valence-electron chi connectivity index (χ1n) is 8.96. The molecule has 3 heterocycles. The van der Waals surface area contributed by atoms with Crippen molar-refractivity contribution in [1.82, 2.24) is 14.9 Å². The van der Waals surface area contributed by atoms with Gasteiger partial charge in [0.05, 0.1) is 29.6 Å². The van der Waals surface area contributed by atoms with Crippen LogP contribution in [0, 0.1) is 13.8 Å². The van der Waals surface area contributed by atoms with E-state index in [4.69, 9.17) is 4.99 Å². The number of imidazole rings is 1. The number of aryl methyl sites for hydroxylation is 2. The van der Waals surface area contributed by atoms with Crippen LogP contribution in [-0.2, 0) is 0 Å². The summed E-state index contributed by atoms with van der Waals surface area (Å²) in [5.74, 6) is 1.82. The van der Waals surface area contributed by atoms with Crippen LogP contribution >= 0.6 is 0 Å². The quantitative estimate of drug-likeness (QED) is 0.683. The van der Waals surface area contributed by atoms with Gasteiger partial charge >= 0.3 is 0 Å². The van der Waals surface area contributed by atoms with E-state index in [1.54, 1.807) is 12.4 Å². The second-order valence-corrected chi connectivity index (χ2v) is 6.97. The summed E-state index contributed by atoms with van der Waals surface area (Å²) in [6.45, 7) is 5.65. The highest BCUT2D eigenvalue weighted by atomic mass is 16.3. The first-order chi connectivity index (χ1) is 13.1. The van der Waals surface area contributed by atoms with Gasteiger partial charge in [-0.2, -0.15) is 0 Å². The molecule has 0 atom stereocenters. The predicted octanol–water partition coefficient (Wildman–Crippen LogP) is 3.88. The molecule has 6 heteroatoms. The van der Waals surface area contributed by atoms with Crippen LogP contribution in [-0.4, -0.2) is 44.7 Å². The van der Waals surface area contributed by atoms with Crippen LogP contribution in [0.25, 0.3) is 16.8 Å². The van der Waals surface area contributed by atoms with Gasteiger partial charge in [-0.15, -0.1) is 0 Å². The molecule has 134 valence electrons. The number of H-pyrrole nitrogens is 1. The highest BCUT2D eigenvalue weighted by Crippen LogP contribution is 2.33. The molecule has 0 saturated heterocycles. The number of fused-ring (bicyclic) bond motifs is 4. The molecule has 0 fully saturated rings. The van der Waals surface area contributed by atoms with Crippen LogP contribution in [0.15, 0.2) is 52.7 Å². The Morgan fingerprint density at radius 1 is 1.22 bits per heavy atom. The van der Waals surface area contributed by atoms with Gasteiger partial charge in [-0.25, -0.2) is 9.98 Å². The minimum absolute atomic E-state index is 0.165. The fourth-order valence-corrected chi connectivity index (χ4v) is 3.76. The zero-order valence-electron chi connectivity index (χ0n) is 15.2. The number of hydrogen-bond donors (Lipinski definition) is 2. The molecule has 0 spiro atoms. The molecular formula is C21H19N5O. The summed E-state index contributed by atoms with van der Waals surface area (Å²) in [7, 11) is 0. The number of nitrogens with zero attached hydrogens (tertiary/aromatic N) is 4. The summed E-state index contributed by atoms with van der Waals surface area (Å²) in [4.78, 5) is 18.9. The number of benzene rings is 2. The Labute approximate surface area is 156 Å². The van der Waals surface area contributed by atoms with Crippen molar-refractivity contribution >= 4 is 34.2 Å². The second kappa shape index (κ2) is 5.81. The molecule has 2 aliphatic heterocycles. The molecule has 0 aliphatic carbocycles. The third-order valence-corrected chi connectivity index (χ3v) is 5.01. The first-order valence-corrected chi connectivity index (χ1v) is 8.96. The average molecular weight is 357 g/mol. The van der Waals surface area contributed by atoms with Gasteiger partial charge in [-0.1, -0.05) is 6.07 Å². The molecule has 0 saturated carbocycles. The summed E-state index contributed by atoms with van der Waals surface area (Å²) >= 11 is 0. The zero-order valence-corrected chi connectivity index (χ0v) is 15.2. The lowest BCUT2D eigenvalue weighted by molar-refractivity contribution is 0.511. The molecule has 2 N–H and O–H groups in total. The summed E-state index contributed by atoms with van der Waals surface area (Å²) in [6.07, 6.45) is 3.37. The third-order valence-electron chi connectivity index (χ3n) is 5.01. The standard InChI is InChI=1S/C21H19N5O/c1-12-7-13(2)20-15(8-12)21-22-5-6-26(21)19(25-20)10-18(27)14-3-4-16-17(9-14)24-11-23-16/h3-4,7-11,27H,5-6H2,1-2H3,(H,23,24)/b18-10-. The Morgan fingerprint density at radius 3 is 3.00 bits per heavy atom. The SMILES string of the molecule is Cc1cc(C)c2c(c1)C1=NCCN1C(/C=C(\O)c1ccc3[nH]cnc3c1)=N2. The summed E-state index contributed by atoms with van der Waals surface area (Å²) < 4.78 is 0. The molecular weight excluding hydrogens is 338 g/mol. The van der Waals surface area contributed by atoms with Crippen LogP contribution in [0.3, 0.4) is 0 Å². The van der Waals surface area contributed by atoms with Crippen molar-refractivity contribution < 1.29 is 5.11 Å². The minimum atomic E-state index is 0.165. The lowest BCUT2D eigenvalue weighted by Crippen LogP contribution is -2.36. The number of aromatic amines is 1. The van der Waals surface area contributed by atoms with Gasteiger partial charge in [-0.3, -0.25) is 4.99 Å². The number of aliphatic hydroxyl groups excluding tert-OH is 1. The molecule has 0 bridgehead atoms. The van der Waals surface area contributed by atoms with Crippen molar-refractivity contribution in [2.24, 2.45) is 9.98 Å². The fraction of sp³-hybridized carbons (Fsp3) is 0.190. The monoisotopic (exact) mass is 357 g/mol. The van der Waals surface area contributed by atoms with Crippen LogP contribution in [0.5, 0.6) is 0 Å². The van der Waals surface area contributed by atoms with E-state index >= 15 is 0 Å². The second-order valence-electron chi connectivity index (χ2n) is 6.97. The molecule has 2 aromatic carbocycles. The van der Waals surface area contributed by atoms with Gasteiger partial charge in [-0.05, 0) is 49.2 Å². The van der Waals surface area contributed by atoms with Crippen molar-refractivity contribution in [3.8, 4) is 0 Å². The van der Waals surface area contributed by atoms with Gasteiger partial charge in [0.1, 0.15) is 17.4 Å². The third kappa shape index (κ3) is 2.52. The Balaban J connectivity index is 1.62. The van der Waals surface area contributed by atoms with Crippen LogP contribution < -0.4 is 0 Å². The summed E-state index contributed by atoms with van der Waals surface area (Å²) in [5, 5.41) is 10.7. The fourth-order valence-electron chi connectivity index (χ4n) is 3.76. The maximum Gasteiger partial charge on any atom is 0.138 e. The molecule has 1 aromatic heterocycles. The lowest BCUT2D eigenvalue weighted by atomic mass is 10.0. The smallest absolute Gasteiger partial charge is 0.138 e. The molecule has 27 heavy (non-hydrogen) atoms. The lowest BCUT2D eigenvalue weighted by Gasteiger charge is -2.27. The van der Waals surface area contributed by atoms with E-state index in [-0.39, 0.29) is 5.76 Å². The molecule has 6 nitrogen and oxygen atoms in total. The van der Waals surface area contributed by atoms with Gasteiger partial charge < -0.3 is 15.0 Å². The van der Waals surface area contributed by atoms with Crippen molar-refractivity contribution in [3.05, 3.63) is 65.0 Å². The largest absolute Gasteiger partial charge is 0.507 e. The van der Waals surface area contributed by atoms with E-state index in [2.05, 4.69) is 45.8 Å². The Bertz CT molecular complexity index is 1170. The predicted molar refractivity (Wildman–Crippen MR) is 108 cm³/mol. The Morgan fingerprint density at radius 2 is 2.11 bits per heavy atom. The van der Waals surface area contributed by atoms with Crippen LogP contribution in [0.1, 0.15) is 22.3 Å². The van der Waals surface area contributed by atoms with Gasteiger partial charge in [0.2, 0.25) is 0 Å². The van der Waals surface area contributed by atoms with E-state index in [1.165, 1.54) is 5.56 Å². The minimum Gasteiger partial charge on any atom is -0.507 e. The van der Waals surface area contributed by atoms with E-state index in [9.17, 15) is 5.11 Å². The van der Waals surface area contributed by atoms with Crippen LogP contribution in [0.4, 0.5) is 5.69 Å². The number of nitrogens with one attached hydrogen (secondary N) is 1.